The molecule has 26 heavy (non-hydrogen) atoms. The van der Waals surface area contributed by atoms with Crippen molar-refractivity contribution in [3.8, 4) is 5.69 Å². The first kappa shape index (κ1) is 18.8. The third-order valence-electron chi connectivity index (χ3n) is 4.52. The SMILES string of the molecule is Cc1ccccc1-n1nnnc1S[C@@H](C)C(=O)N(C)[C@H]1CCS(=O)(=O)C1. The van der Waals surface area contributed by atoms with E-state index < -0.39 is 15.1 Å². The van der Waals surface area contributed by atoms with Crippen molar-refractivity contribution < 1.29 is 13.2 Å². The van der Waals surface area contributed by atoms with E-state index in [4.69, 9.17) is 0 Å². The summed E-state index contributed by atoms with van der Waals surface area (Å²) in [7, 11) is -1.37. The van der Waals surface area contributed by atoms with E-state index in [9.17, 15) is 13.2 Å². The van der Waals surface area contributed by atoms with E-state index in [1.807, 2.05) is 31.2 Å². The number of para-hydroxylation sites is 1. The van der Waals surface area contributed by atoms with E-state index >= 15 is 0 Å². The van der Waals surface area contributed by atoms with Crippen LogP contribution < -0.4 is 0 Å². The van der Waals surface area contributed by atoms with Crippen LogP contribution in [0, 0.1) is 6.92 Å². The Balaban J connectivity index is 1.73. The topological polar surface area (TPSA) is 98.1 Å². The zero-order valence-electron chi connectivity index (χ0n) is 14.9. The molecule has 0 spiro atoms. The summed E-state index contributed by atoms with van der Waals surface area (Å²) in [5.41, 5.74) is 1.88. The Hall–Kier alpha value is -1.94. The lowest BCUT2D eigenvalue weighted by atomic mass is 10.2. The second kappa shape index (κ2) is 7.36. The Morgan fingerprint density at radius 1 is 1.38 bits per heavy atom. The van der Waals surface area contributed by atoms with Gasteiger partial charge in [-0.05, 0) is 42.3 Å². The van der Waals surface area contributed by atoms with Crippen molar-refractivity contribution in [2.24, 2.45) is 0 Å². The molecule has 1 aliphatic rings. The number of sulfone groups is 1. The van der Waals surface area contributed by atoms with Gasteiger partial charge in [0.05, 0.1) is 22.4 Å². The summed E-state index contributed by atoms with van der Waals surface area (Å²) < 4.78 is 24.9. The maximum Gasteiger partial charge on any atom is 0.235 e. The lowest BCUT2D eigenvalue weighted by molar-refractivity contribution is -0.130. The lowest BCUT2D eigenvalue weighted by Gasteiger charge is -2.26. The van der Waals surface area contributed by atoms with Crippen LogP contribution in [0.25, 0.3) is 5.69 Å². The number of carbonyl (C=O) groups excluding carboxylic acids is 1. The van der Waals surface area contributed by atoms with Crippen molar-refractivity contribution in [3.05, 3.63) is 29.8 Å². The average Bonchev–Trinajstić information content (AvgIpc) is 3.20. The molecular formula is C16H21N5O3S2. The van der Waals surface area contributed by atoms with Gasteiger partial charge in [-0.3, -0.25) is 4.79 Å². The van der Waals surface area contributed by atoms with Crippen LogP contribution in [0.5, 0.6) is 0 Å². The first-order valence-electron chi connectivity index (χ1n) is 8.26. The van der Waals surface area contributed by atoms with Crippen LogP contribution in [0.15, 0.2) is 29.4 Å². The van der Waals surface area contributed by atoms with E-state index in [-0.39, 0.29) is 23.5 Å². The maximum absolute atomic E-state index is 12.7. The number of benzene rings is 1. The third-order valence-corrected chi connectivity index (χ3v) is 7.29. The second-order valence-corrected chi connectivity index (χ2v) is 9.96. The van der Waals surface area contributed by atoms with Gasteiger partial charge in [0.2, 0.25) is 11.1 Å². The molecule has 140 valence electrons. The van der Waals surface area contributed by atoms with Gasteiger partial charge in [-0.25, -0.2) is 8.42 Å². The molecule has 1 saturated heterocycles. The van der Waals surface area contributed by atoms with Crippen molar-refractivity contribution in [2.45, 2.75) is 36.7 Å². The molecule has 2 aromatic rings. The highest BCUT2D eigenvalue weighted by Gasteiger charge is 2.34. The van der Waals surface area contributed by atoms with Crippen LogP contribution >= 0.6 is 11.8 Å². The molecule has 0 radical (unpaired) electrons. The molecule has 0 saturated carbocycles. The van der Waals surface area contributed by atoms with Crippen LogP contribution in [0.3, 0.4) is 0 Å². The molecule has 0 N–H and O–H groups in total. The molecular weight excluding hydrogens is 374 g/mol. The van der Waals surface area contributed by atoms with Gasteiger partial charge in [-0.2, -0.15) is 4.68 Å². The molecule has 10 heteroatoms. The van der Waals surface area contributed by atoms with Gasteiger partial charge in [0.1, 0.15) is 0 Å². The molecule has 8 nitrogen and oxygen atoms in total. The van der Waals surface area contributed by atoms with E-state index in [1.165, 1.54) is 11.8 Å². The summed E-state index contributed by atoms with van der Waals surface area (Å²) in [6.07, 6.45) is 0.489. The average molecular weight is 396 g/mol. The summed E-state index contributed by atoms with van der Waals surface area (Å²) in [5, 5.41) is 11.9. The summed E-state index contributed by atoms with van der Waals surface area (Å²) in [6, 6.07) is 7.46. The maximum atomic E-state index is 12.7. The van der Waals surface area contributed by atoms with Crippen LogP contribution in [-0.2, 0) is 14.6 Å². The summed E-state index contributed by atoms with van der Waals surface area (Å²) in [6.45, 7) is 3.75. The lowest BCUT2D eigenvalue weighted by Crippen LogP contribution is -2.41. The number of aryl methyl sites for hydroxylation is 1. The fourth-order valence-corrected chi connectivity index (χ4v) is 5.64. The van der Waals surface area contributed by atoms with Gasteiger partial charge in [-0.15, -0.1) is 5.10 Å². The van der Waals surface area contributed by atoms with Gasteiger partial charge in [0.15, 0.2) is 9.84 Å². The van der Waals surface area contributed by atoms with Crippen LogP contribution in [0.2, 0.25) is 0 Å². The minimum Gasteiger partial charge on any atom is -0.341 e. The van der Waals surface area contributed by atoms with Crippen LogP contribution in [-0.4, -0.2) is 69.3 Å². The molecule has 0 unspecified atom stereocenters. The number of hydrogen-bond donors (Lipinski definition) is 0. The molecule has 1 aromatic heterocycles. The monoisotopic (exact) mass is 395 g/mol. The number of thioether (sulfide) groups is 1. The molecule has 3 rings (SSSR count). The highest BCUT2D eigenvalue weighted by Crippen LogP contribution is 2.26. The van der Waals surface area contributed by atoms with Crippen LogP contribution in [0.4, 0.5) is 0 Å². The highest BCUT2D eigenvalue weighted by molar-refractivity contribution is 8.00. The Morgan fingerprint density at radius 2 is 2.12 bits per heavy atom. The minimum atomic E-state index is -3.03. The Labute approximate surface area is 156 Å². The van der Waals surface area contributed by atoms with E-state index in [1.54, 1.807) is 23.6 Å². The second-order valence-electron chi connectivity index (χ2n) is 6.43. The van der Waals surface area contributed by atoms with Crippen molar-refractivity contribution >= 4 is 27.5 Å². The zero-order chi connectivity index (χ0) is 18.9. The van der Waals surface area contributed by atoms with E-state index in [0.29, 0.717) is 11.6 Å². The summed E-state index contributed by atoms with van der Waals surface area (Å²) in [4.78, 5) is 14.3. The third kappa shape index (κ3) is 3.90. The quantitative estimate of drug-likeness (QED) is 0.699. The van der Waals surface area contributed by atoms with Gasteiger partial charge in [-0.1, -0.05) is 30.0 Å². The van der Waals surface area contributed by atoms with E-state index in [2.05, 4.69) is 15.5 Å². The Morgan fingerprint density at radius 3 is 2.77 bits per heavy atom. The van der Waals surface area contributed by atoms with Crippen LogP contribution in [0.1, 0.15) is 18.9 Å². The van der Waals surface area contributed by atoms with Crippen molar-refractivity contribution in [1.29, 1.82) is 0 Å². The Bertz CT molecular complexity index is 912. The summed E-state index contributed by atoms with van der Waals surface area (Å²) in [5.74, 6) is 0.0482. The number of amides is 1. The predicted molar refractivity (Wildman–Crippen MR) is 99.0 cm³/mol. The first-order chi connectivity index (χ1) is 12.3. The molecule has 2 heterocycles. The standard InChI is InChI=1S/C16H21N5O3S2/c1-11-6-4-5-7-14(11)21-16(17-18-19-21)25-12(2)15(22)20(3)13-8-9-26(23,24)10-13/h4-7,12-13H,8-10H2,1-3H3/t12-,13-/m0/s1. The normalized spacial score (nSPS) is 20.0. The van der Waals surface area contributed by atoms with Crippen molar-refractivity contribution in [2.75, 3.05) is 18.6 Å². The van der Waals surface area contributed by atoms with E-state index in [0.717, 1.165) is 11.3 Å². The van der Waals surface area contributed by atoms with Gasteiger partial charge in [0.25, 0.3) is 0 Å². The fraction of sp³-hybridized carbons (Fsp3) is 0.500. The minimum absolute atomic E-state index is 0.0353. The first-order valence-corrected chi connectivity index (χ1v) is 11.0. The number of nitrogens with zero attached hydrogens (tertiary/aromatic N) is 5. The predicted octanol–water partition coefficient (Wildman–Crippen LogP) is 1.10. The molecule has 1 amide bonds. The number of rotatable bonds is 5. The molecule has 1 fully saturated rings. The Kier molecular flexibility index (Phi) is 5.33. The number of tetrazole rings is 1. The van der Waals surface area contributed by atoms with Gasteiger partial charge >= 0.3 is 0 Å². The fourth-order valence-electron chi connectivity index (χ4n) is 2.96. The largest absolute Gasteiger partial charge is 0.341 e. The zero-order valence-corrected chi connectivity index (χ0v) is 16.5. The van der Waals surface area contributed by atoms with Gasteiger partial charge in [0, 0.05) is 13.1 Å². The van der Waals surface area contributed by atoms with Gasteiger partial charge < -0.3 is 4.90 Å². The molecule has 1 aromatic carbocycles. The smallest absolute Gasteiger partial charge is 0.235 e. The number of hydrogen-bond acceptors (Lipinski definition) is 7. The number of carbonyl (C=O) groups is 1. The molecule has 0 bridgehead atoms. The molecule has 1 aliphatic heterocycles. The molecule has 2 atom stereocenters. The highest BCUT2D eigenvalue weighted by atomic mass is 32.2. The summed E-state index contributed by atoms with van der Waals surface area (Å²) >= 11 is 1.26. The molecule has 0 aliphatic carbocycles. The number of aromatic nitrogens is 4. The van der Waals surface area contributed by atoms with Crippen molar-refractivity contribution in [3.63, 3.8) is 0 Å². The van der Waals surface area contributed by atoms with Crippen molar-refractivity contribution in [1.82, 2.24) is 25.1 Å².